The zero-order valence-electron chi connectivity index (χ0n) is 11.1. The van der Waals surface area contributed by atoms with Gasteiger partial charge in [0.15, 0.2) is 0 Å². The van der Waals surface area contributed by atoms with Crippen molar-refractivity contribution in [3.63, 3.8) is 0 Å². The molecule has 1 amide bonds. The third kappa shape index (κ3) is 4.32. The van der Waals surface area contributed by atoms with E-state index in [1.807, 2.05) is 16.7 Å². The summed E-state index contributed by atoms with van der Waals surface area (Å²) in [6.07, 6.45) is 5.41. The zero-order chi connectivity index (χ0) is 12.3. The molecular weight excluding hydrogens is 268 g/mol. The number of carbonyl (C=O) groups is 1. The molecule has 1 heterocycles. The fourth-order valence-corrected chi connectivity index (χ4v) is 3.90. The van der Waals surface area contributed by atoms with Crippen molar-refractivity contribution in [3.05, 3.63) is 0 Å². The van der Waals surface area contributed by atoms with Crippen LogP contribution in [0.1, 0.15) is 39.0 Å². The predicted molar refractivity (Wildman–Crippen MR) is 80.3 cm³/mol. The Morgan fingerprint density at radius 3 is 2.78 bits per heavy atom. The van der Waals surface area contributed by atoms with Gasteiger partial charge in [0.2, 0.25) is 5.91 Å². The summed E-state index contributed by atoms with van der Waals surface area (Å²) in [5.41, 5.74) is 6.11. The molecule has 0 aromatic rings. The number of amides is 1. The molecule has 1 aliphatic carbocycles. The fourth-order valence-electron chi connectivity index (χ4n) is 2.89. The maximum Gasteiger partial charge on any atom is 0.222 e. The van der Waals surface area contributed by atoms with Gasteiger partial charge in [-0.3, -0.25) is 4.79 Å². The molecular formula is C13H25ClN2OS. The first-order valence-corrected chi connectivity index (χ1v) is 7.86. The predicted octanol–water partition coefficient (Wildman–Crippen LogP) is 2.28. The van der Waals surface area contributed by atoms with Gasteiger partial charge in [0.25, 0.3) is 0 Å². The molecule has 1 aliphatic heterocycles. The van der Waals surface area contributed by atoms with Crippen LogP contribution < -0.4 is 5.73 Å². The maximum atomic E-state index is 12.2. The van der Waals surface area contributed by atoms with Crippen molar-refractivity contribution in [2.75, 3.05) is 18.8 Å². The van der Waals surface area contributed by atoms with Gasteiger partial charge in [-0.15, -0.1) is 12.4 Å². The molecule has 0 spiro atoms. The molecule has 2 N–H and O–H groups in total. The molecule has 1 saturated carbocycles. The summed E-state index contributed by atoms with van der Waals surface area (Å²) in [5, 5.41) is 0.590. The van der Waals surface area contributed by atoms with Crippen molar-refractivity contribution >= 4 is 30.1 Å². The first-order chi connectivity index (χ1) is 8.16. The van der Waals surface area contributed by atoms with Crippen molar-refractivity contribution in [2.45, 2.75) is 50.3 Å². The van der Waals surface area contributed by atoms with Crippen molar-refractivity contribution in [3.8, 4) is 0 Å². The summed E-state index contributed by atoms with van der Waals surface area (Å²) in [5.74, 6) is 1.85. The van der Waals surface area contributed by atoms with E-state index in [2.05, 4.69) is 6.92 Å². The highest BCUT2D eigenvalue weighted by Gasteiger charge is 2.28. The van der Waals surface area contributed by atoms with Gasteiger partial charge >= 0.3 is 0 Å². The Labute approximate surface area is 121 Å². The van der Waals surface area contributed by atoms with E-state index in [9.17, 15) is 4.79 Å². The highest BCUT2D eigenvalue weighted by Crippen LogP contribution is 2.27. The SMILES string of the molecule is CC1CN(C(=O)CC2CCCCC2N)CCS1.Cl. The Kier molecular flexibility index (Phi) is 6.82. The number of hydrogen-bond donors (Lipinski definition) is 1. The van der Waals surface area contributed by atoms with Crippen LogP contribution in [0.5, 0.6) is 0 Å². The van der Waals surface area contributed by atoms with Crippen LogP contribution in [0.3, 0.4) is 0 Å². The average Bonchev–Trinajstić information content (AvgIpc) is 2.32. The van der Waals surface area contributed by atoms with E-state index < -0.39 is 0 Å². The molecule has 3 nitrogen and oxygen atoms in total. The molecule has 2 aliphatic rings. The zero-order valence-corrected chi connectivity index (χ0v) is 12.8. The molecule has 0 bridgehead atoms. The summed E-state index contributed by atoms with van der Waals surface area (Å²) in [4.78, 5) is 14.3. The van der Waals surface area contributed by atoms with Crippen LogP contribution in [0.25, 0.3) is 0 Å². The van der Waals surface area contributed by atoms with E-state index >= 15 is 0 Å². The Bertz CT molecular complexity index is 278. The minimum atomic E-state index is 0. The number of carbonyl (C=O) groups excluding carboxylic acids is 1. The maximum absolute atomic E-state index is 12.2. The summed E-state index contributed by atoms with van der Waals surface area (Å²) < 4.78 is 0. The van der Waals surface area contributed by atoms with Crippen molar-refractivity contribution in [1.29, 1.82) is 0 Å². The average molecular weight is 293 g/mol. The minimum Gasteiger partial charge on any atom is -0.341 e. The minimum absolute atomic E-state index is 0. The van der Waals surface area contributed by atoms with Gasteiger partial charge in [0, 0.05) is 36.6 Å². The van der Waals surface area contributed by atoms with E-state index in [-0.39, 0.29) is 18.4 Å². The molecule has 106 valence electrons. The second-order valence-corrected chi connectivity index (χ2v) is 6.98. The third-order valence-corrected chi connectivity index (χ3v) is 5.13. The molecule has 18 heavy (non-hydrogen) atoms. The van der Waals surface area contributed by atoms with E-state index in [0.29, 0.717) is 23.5 Å². The largest absolute Gasteiger partial charge is 0.341 e. The standard InChI is InChI=1S/C13H24N2OS.ClH/c1-10-9-15(6-7-17-10)13(16)8-11-4-2-3-5-12(11)14;/h10-12H,2-9,14H2,1H3;1H. The van der Waals surface area contributed by atoms with Crippen LogP contribution in [-0.4, -0.2) is 40.9 Å². The van der Waals surface area contributed by atoms with Crippen LogP contribution in [0, 0.1) is 5.92 Å². The van der Waals surface area contributed by atoms with Gasteiger partial charge in [0.05, 0.1) is 0 Å². The topological polar surface area (TPSA) is 46.3 Å². The Hall–Kier alpha value is 0.0700. The van der Waals surface area contributed by atoms with Crippen LogP contribution in [0.15, 0.2) is 0 Å². The number of rotatable bonds is 2. The lowest BCUT2D eigenvalue weighted by Crippen LogP contribution is -2.43. The number of halogens is 1. The van der Waals surface area contributed by atoms with Crippen molar-refractivity contribution in [1.82, 2.24) is 4.90 Å². The molecule has 3 atom stereocenters. The molecule has 2 rings (SSSR count). The Balaban J connectivity index is 0.00000162. The number of nitrogens with zero attached hydrogens (tertiary/aromatic N) is 1. The van der Waals surface area contributed by atoms with Crippen LogP contribution in [0.4, 0.5) is 0 Å². The molecule has 1 saturated heterocycles. The lowest BCUT2D eigenvalue weighted by molar-refractivity contribution is -0.132. The quantitative estimate of drug-likeness (QED) is 0.849. The first-order valence-electron chi connectivity index (χ1n) is 6.82. The van der Waals surface area contributed by atoms with Gasteiger partial charge in [-0.1, -0.05) is 19.8 Å². The van der Waals surface area contributed by atoms with E-state index in [4.69, 9.17) is 5.73 Å². The summed E-state index contributed by atoms with van der Waals surface area (Å²) >= 11 is 1.97. The van der Waals surface area contributed by atoms with Crippen LogP contribution in [-0.2, 0) is 4.79 Å². The monoisotopic (exact) mass is 292 g/mol. The number of nitrogens with two attached hydrogens (primary N) is 1. The second-order valence-electron chi connectivity index (χ2n) is 5.43. The summed E-state index contributed by atoms with van der Waals surface area (Å²) in [6.45, 7) is 4.05. The molecule has 0 radical (unpaired) electrons. The molecule has 5 heteroatoms. The highest BCUT2D eigenvalue weighted by molar-refractivity contribution is 7.99. The van der Waals surface area contributed by atoms with Gasteiger partial charge in [-0.2, -0.15) is 11.8 Å². The van der Waals surface area contributed by atoms with E-state index in [1.165, 1.54) is 12.8 Å². The third-order valence-electron chi connectivity index (χ3n) is 4.00. The van der Waals surface area contributed by atoms with Gasteiger partial charge in [0.1, 0.15) is 0 Å². The molecule has 2 fully saturated rings. The molecule has 3 unspecified atom stereocenters. The van der Waals surface area contributed by atoms with E-state index in [1.54, 1.807) is 0 Å². The van der Waals surface area contributed by atoms with Crippen molar-refractivity contribution < 1.29 is 4.79 Å². The summed E-state index contributed by atoms with van der Waals surface area (Å²) in [6, 6.07) is 0.254. The first kappa shape index (κ1) is 16.1. The number of hydrogen-bond acceptors (Lipinski definition) is 3. The van der Waals surface area contributed by atoms with Gasteiger partial charge in [-0.05, 0) is 18.8 Å². The van der Waals surface area contributed by atoms with Gasteiger partial charge in [-0.25, -0.2) is 0 Å². The number of thioether (sulfide) groups is 1. The van der Waals surface area contributed by atoms with Crippen LogP contribution >= 0.6 is 24.2 Å². The second kappa shape index (κ2) is 7.61. The molecule has 0 aromatic carbocycles. The molecule has 0 aromatic heterocycles. The fraction of sp³-hybridized carbons (Fsp3) is 0.923. The summed E-state index contributed by atoms with van der Waals surface area (Å²) in [7, 11) is 0. The lowest BCUT2D eigenvalue weighted by atomic mass is 9.82. The van der Waals surface area contributed by atoms with E-state index in [0.717, 1.165) is 31.7 Å². The van der Waals surface area contributed by atoms with Crippen molar-refractivity contribution in [2.24, 2.45) is 11.7 Å². The Morgan fingerprint density at radius 1 is 1.39 bits per heavy atom. The normalized spacial score (nSPS) is 32.8. The highest BCUT2D eigenvalue weighted by atomic mass is 35.5. The van der Waals surface area contributed by atoms with Gasteiger partial charge < -0.3 is 10.6 Å². The van der Waals surface area contributed by atoms with Crippen LogP contribution in [0.2, 0.25) is 0 Å². The smallest absolute Gasteiger partial charge is 0.222 e. The Morgan fingerprint density at radius 2 is 2.11 bits per heavy atom. The lowest BCUT2D eigenvalue weighted by Gasteiger charge is -2.34.